The number of amides is 1. The Morgan fingerprint density at radius 1 is 1.17 bits per heavy atom. The molecule has 0 unspecified atom stereocenters. The summed E-state index contributed by atoms with van der Waals surface area (Å²) in [5.41, 5.74) is -0.280. The maximum Gasteiger partial charge on any atom is 0.258 e. The fraction of sp³-hybridized carbons (Fsp3) is 0.316. The van der Waals surface area contributed by atoms with Crippen LogP contribution in [0.4, 0.5) is 4.39 Å². The molecule has 0 spiro atoms. The van der Waals surface area contributed by atoms with Crippen LogP contribution in [0.25, 0.3) is 0 Å². The minimum Gasteiger partial charge on any atom is -0.481 e. The molecule has 0 aromatic heterocycles. The second-order valence-electron chi connectivity index (χ2n) is 6.06. The van der Waals surface area contributed by atoms with Crippen molar-refractivity contribution >= 4 is 5.91 Å². The molecule has 3 rings (SSSR count). The van der Waals surface area contributed by atoms with Gasteiger partial charge in [-0.2, -0.15) is 0 Å². The van der Waals surface area contributed by atoms with Crippen LogP contribution in [0.15, 0.2) is 54.6 Å². The van der Waals surface area contributed by atoms with Gasteiger partial charge < -0.3 is 15.2 Å². The summed E-state index contributed by atoms with van der Waals surface area (Å²) in [6.07, 6.45) is 1.87. The number of hydrogen-bond acceptors (Lipinski definition) is 3. The van der Waals surface area contributed by atoms with Crippen LogP contribution >= 0.6 is 0 Å². The molecule has 2 aromatic carbocycles. The van der Waals surface area contributed by atoms with Crippen LogP contribution in [0.2, 0.25) is 0 Å². The average Bonchev–Trinajstić information content (AvgIpc) is 3.45. The van der Waals surface area contributed by atoms with E-state index in [0.717, 1.165) is 18.4 Å². The van der Waals surface area contributed by atoms with E-state index >= 15 is 0 Å². The first-order chi connectivity index (χ1) is 11.6. The molecule has 2 aromatic rings. The number of benzene rings is 2. The average molecular weight is 329 g/mol. The van der Waals surface area contributed by atoms with Crippen molar-refractivity contribution in [2.24, 2.45) is 5.92 Å². The molecular formula is C19H20FNO3. The van der Waals surface area contributed by atoms with Crippen molar-refractivity contribution in [3.8, 4) is 5.75 Å². The van der Waals surface area contributed by atoms with Gasteiger partial charge in [-0.1, -0.05) is 42.5 Å². The van der Waals surface area contributed by atoms with Crippen LogP contribution in [0.3, 0.4) is 0 Å². The molecule has 5 heteroatoms. The number of nitrogens with one attached hydrogen (secondary N) is 1. The van der Waals surface area contributed by atoms with Crippen LogP contribution in [0.5, 0.6) is 5.75 Å². The normalized spacial score (nSPS) is 16.2. The molecule has 0 radical (unpaired) electrons. The van der Waals surface area contributed by atoms with Crippen LogP contribution in [-0.4, -0.2) is 24.2 Å². The highest BCUT2D eigenvalue weighted by molar-refractivity contribution is 5.77. The highest BCUT2D eigenvalue weighted by Crippen LogP contribution is 2.45. The fourth-order valence-corrected chi connectivity index (χ4v) is 2.76. The van der Waals surface area contributed by atoms with Gasteiger partial charge in [-0.25, -0.2) is 4.39 Å². The summed E-state index contributed by atoms with van der Waals surface area (Å²) in [5, 5.41) is 13.7. The van der Waals surface area contributed by atoms with E-state index in [1.54, 1.807) is 12.1 Å². The largest absolute Gasteiger partial charge is 0.481 e. The van der Waals surface area contributed by atoms with Crippen molar-refractivity contribution in [2.45, 2.75) is 18.4 Å². The molecule has 0 heterocycles. The lowest BCUT2D eigenvalue weighted by molar-refractivity contribution is -0.124. The number of aliphatic hydroxyl groups is 1. The third kappa shape index (κ3) is 3.74. The molecule has 0 saturated heterocycles. The predicted octanol–water partition coefficient (Wildman–Crippen LogP) is 2.62. The molecule has 1 aliphatic rings. The van der Waals surface area contributed by atoms with E-state index in [0.29, 0.717) is 0 Å². The number of carbonyl (C=O) groups excluding carboxylic acids is 1. The van der Waals surface area contributed by atoms with Crippen LogP contribution in [-0.2, 0) is 10.4 Å². The van der Waals surface area contributed by atoms with Gasteiger partial charge in [0, 0.05) is 0 Å². The number of ether oxygens (including phenoxy) is 1. The Balaban J connectivity index is 1.57. The van der Waals surface area contributed by atoms with Gasteiger partial charge in [0.2, 0.25) is 0 Å². The minimum atomic E-state index is -1.07. The lowest BCUT2D eigenvalue weighted by Crippen LogP contribution is -2.43. The second-order valence-corrected chi connectivity index (χ2v) is 6.06. The second kappa shape index (κ2) is 7.01. The number of carbonyl (C=O) groups is 1. The first-order valence-electron chi connectivity index (χ1n) is 8.01. The van der Waals surface area contributed by atoms with Gasteiger partial charge in [0.1, 0.15) is 5.60 Å². The van der Waals surface area contributed by atoms with Crippen molar-refractivity contribution in [3.05, 3.63) is 66.0 Å². The van der Waals surface area contributed by atoms with Gasteiger partial charge in [-0.05, 0) is 36.5 Å². The quantitative estimate of drug-likeness (QED) is 0.821. The van der Waals surface area contributed by atoms with Gasteiger partial charge in [0.05, 0.1) is 6.54 Å². The van der Waals surface area contributed by atoms with E-state index in [-0.39, 0.29) is 24.8 Å². The third-order valence-electron chi connectivity index (χ3n) is 4.28. The SMILES string of the molecule is O=C(COc1ccccc1F)NC[C@@](O)(c1ccccc1)C1CC1. The van der Waals surface area contributed by atoms with Crippen molar-refractivity contribution < 1.29 is 19.0 Å². The van der Waals surface area contributed by atoms with Crippen molar-refractivity contribution in [1.82, 2.24) is 5.32 Å². The van der Waals surface area contributed by atoms with Crippen molar-refractivity contribution in [1.29, 1.82) is 0 Å². The van der Waals surface area contributed by atoms with E-state index < -0.39 is 17.3 Å². The topological polar surface area (TPSA) is 58.6 Å². The van der Waals surface area contributed by atoms with Gasteiger partial charge >= 0.3 is 0 Å². The third-order valence-corrected chi connectivity index (χ3v) is 4.28. The zero-order chi connectivity index (χ0) is 17.0. The summed E-state index contributed by atoms with van der Waals surface area (Å²) in [5.74, 6) is -0.724. The highest BCUT2D eigenvalue weighted by atomic mass is 19.1. The number of para-hydroxylation sites is 1. The zero-order valence-electron chi connectivity index (χ0n) is 13.2. The lowest BCUT2D eigenvalue weighted by atomic mass is 9.88. The Morgan fingerprint density at radius 3 is 2.50 bits per heavy atom. The Bertz CT molecular complexity index is 703. The first kappa shape index (κ1) is 16.5. The molecule has 2 N–H and O–H groups in total. The Kier molecular flexibility index (Phi) is 4.81. The minimum absolute atomic E-state index is 0.0353. The molecule has 1 saturated carbocycles. The number of rotatable bonds is 7. The van der Waals surface area contributed by atoms with Crippen molar-refractivity contribution in [2.75, 3.05) is 13.2 Å². The monoisotopic (exact) mass is 329 g/mol. The summed E-state index contributed by atoms with van der Waals surface area (Å²) in [4.78, 5) is 12.0. The number of halogens is 1. The Hall–Kier alpha value is -2.40. The maximum atomic E-state index is 13.5. The first-order valence-corrected chi connectivity index (χ1v) is 8.01. The van der Waals surface area contributed by atoms with E-state index in [9.17, 15) is 14.3 Å². The molecule has 24 heavy (non-hydrogen) atoms. The fourth-order valence-electron chi connectivity index (χ4n) is 2.76. The standard InChI is InChI=1S/C19H20FNO3/c20-16-8-4-5-9-17(16)24-12-18(22)21-13-19(23,15-10-11-15)14-6-2-1-3-7-14/h1-9,15,23H,10-13H2,(H,21,22)/t19-/m1/s1. The maximum absolute atomic E-state index is 13.5. The molecule has 0 bridgehead atoms. The van der Waals surface area contributed by atoms with Gasteiger partial charge in [-0.15, -0.1) is 0 Å². The van der Waals surface area contributed by atoms with Crippen molar-refractivity contribution in [3.63, 3.8) is 0 Å². The smallest absolute Gasteiger partial charge is 0.258 e. The molecular weight excluding hydrogens is 309 g/mol. The molecule has 1 atom stereocenters. The van der Waals surface area contributed by atoms with Crippen LogP contribution in [0, 0.1) is 11.7 Å². The Morgan fingerprint density at radius 2 is 1.83 bits per heavy atom. The molecule has 1 amide bonds. The lowest BCUT2D eigenvalue weighted by Gasteiger charge is -2.29. The summed E-state index contributed by atoms with van der Waals surface area (Å²) < 4.78 is 18.6. The molecule has 1 aliphatic carbocycles. The zero-order valence-corrected chi connectivity index (χ0v) is 13.2. The van der Waals surface area contributed by atoms with E-state index in [1.807, 2.05) is 30.3 Å². The number of hydrogen-bond donors (Lipinski definition) is 2. The van der Waals surface area contributed by atoms with E-state index in [2.05, 4.69) is 5.32 Å². The van der Waals surface area contributed by atoms with Gasteiger partial charge in [0.25, 0.3) is 5.91 Å². The molecule has 1 fully saturated rings. The molecule has 0 aliphatic heterocycles. The summed E-state index contributed by atoms with van der Waals surface area (Å²) >= 11 is 0. The van der Waals surface area contributed by atoms with E-state index in [1.165, 1.54) is 12.1 Å². The highest BCUT2D eigenvalue weighted by Gasteiger charge is 2.45. The predicted molar refractivity (Wildman–Crippen MR) is 88.0 cm³/mol. The van der Waals surface area contributed by atoms with Crippen LogP contribution < -0.4 is 10.1 Å². The van der Waals surface area contributed by atoms with E-state index in [4.69, 9.17) is 4.74 Å². The molecule has 4 nitrogen and oxygen atoms in total. The van der Waals surface area contributed by atoms with Gasteiger partial charge in [0.15, 0.2) is 18.2 Å². The van der Waals surface area contributed by atoms with Gasteiger partial charge in [-0.3, -0.25) is 4.79 Å². The Labute approximate surface area is 140 Å². The summed E-state index contributed by atoms with van der Waals surface area (Å²) in [6, 6.07) is 15.3. The summed E-state index contributed by atoms with van der Waals surface area (Å²) in [7, 11) is 0. The summed E-state index contributed by atoms with van der Waals surface area (Å²) in [6.45, 7) is -0.183. The van der Waals surface area contributed by atoms with Crippen LogP contribution in [0.1, 0.15) is 18.4 Å². The molecule has 126 valence electrons.